The fourth-order valence-electron chi connectivity index (χ4n) is 3.62. The second-order valence-corrected chi connectivity index (χ2v) is 7.45. The van der Waals surface area contributed by atoms with Crippen molar-refractivity contribution in [2.45, 2.75) is 6.10 Å². The molecule has 0 aromatic heterocycles. The van der Waals surface area contributed by atoms with Crippen LogP contribution in [0.5, 0.6) is 11.5 Å². The molecule has 3 aromatic carbocycles. The Morgan fingerprint density at radius 3 is 2.55 bits per heavy atom. The molecule has 0 aliphatic carbocycles. The van der Waals surface area contributed by atoms with Crippen molar-refractivity contribution in [2.24, 2.45) is 5.73 Å². The quantitative estimate of drug-likeness (QED) is 0.660. The first kappa shape index (κ1) is 19.0. The van der Waals surface area contributed by atoms with Crippen LogP contribution in [-0.2, 0) is 0 Å². The van der Waals surface area contributed by atoms with E-state index in [4.69, 9.17) is 15.2 Å². The average Bonchev–Trinajstić information content (AvgIpc) is 2.72. The molecule has 0 bridgehead atoms. The molecule has 1 heterocycles. The topological polar surface area (TPSA) is 61.5 Å². The van der Waals surface area contributed by atoms with Crippen LogP contribution in [0, 0.1) is 5.82 Å². The molecule has 29 heavy (non-hydrogen) atoms. The monoisotopic (exact) mass is 393 g/mol. The summed E-state index contributed by atoms with van der Waals surface area (Å²) >= 11 is 0. The highest BCUT2D eigenvalue weighted by molar-refractivity contribution is 5.87. The van der Waals surface area contributed by atoms with Gasteiger partial charge in [-0.2, -0.15) is 0 Å². The number of ether oxygens (including phenoxy) is 2. The van der Waals surface area contributed by atoms with Crippen LogP contribution in [0.3, 0.4) is 0 Å². The molecule has 0 spiro atoms. The lowest BCUT2D eigenvalue weighted by Gasteiger charge is -2.32. The molecule has 3 aromatic rings. The lowest BCUT2D eigenvalue weighted by Crippen LogP contribution is -2.50. The molecule has 0 saturated carbocycles. The molecule has 1 atom stereocenters. The molecule has 1 aliphatic heterocycles. The summed E-state index contributed by atoms with van der Waals surface area (Å²) in [6.45, 7) is 0. The van der Waals surface area contributed by atoms with Crippen molar-refractivity contribution in [1.29, 1.82) is 0 Å². The highest BCUT2D eigenvalue weighted by Gasteiger charge is 2.34. The maximum absolute atomic E-state index is 13.9. The van der Waals surface area contributed by atoms with E-state index in [0.717, 1.165) is 16.7 Å². The number of rotatable bonds is 3. The second-order valence-electron chi connectivity index (χ2n) is 7.45. The van der Waals surface area contributed by atoms with Crippen LogP contribution in [0.15, 0.2) is 60.7 Å². The van der Waals surface area contributed by atoms with E-state index in [1.807, 2.05) is 42.5 Å². The first-order chi connectivity index (χ1) is 13.8. The molecule has 1 unspecified atom stereocenters. The van der Waals surface area contributed by atoms with Gasteiger partial charge in [-0.25, -0.2) is 13.7 Å². The smallest absolute Gasteiger partial charge is 0.418 e. The van der Waals surface area contributed by atoms with Gasteiger partial charge in [0.15, 0.2) is 0 Å². The number of halogens is 1. The van der Waals surface area contributed by atoms with Crippen LogP contribution in [0.1, 0.15) is 17.2 Å². The molecular weight excluding hydrogens is 371 g/mol. The van der Waals surface area contributed by atoms with Gasteiger partial charge in [0.1, 0.15) is 29.1 Å². The molecule has 2 amide bonds. The first-order valence-electron chi connectivity index (χ1n) is 9.21. The summed E-state index contributed by atoms with van der Waals surface area (Å²) in [5.74, 6) is 0.994. The van der Waals surface area contributed by atoms with E-state index in [2.05, 4.69) is 0 Å². The minimum Gasteiger partial charge on any atom is -0.496 e. The van der Waals surface area contributed by atoms with Crippen LogP contribution in [0.4, 0.5) is 14.9 Å². The van der Waals surface area contributed by atoms with Crippen molar-refractivity contribution in [3.8, 4) is 22.6 Å². The Hall–Kier alpha value is -3.38. The van der Waals surface area contributed by atoms with Crippen molar-refractivity contribution in [1.82, 2.24) is 4.48 Å². The first-order valence-corrected chi connectivity index (χ1v) is 9.21. The van der Waals surface area contributed by atoms with Gasteiger partial charge in [0.05, 0.1) is 26.8 Å². The normalized spacial score (nSPS) is 15.1. The van der Waals surface area contributed by atoms with E-state index in [0.29, 0.717) is 22.7 Å². The Labute approximate surface area is 168 Å². The van der Waals surface area contributed by atoms with Crippen LogP contribution in [0.25, 0.3) is 11.1 Å². The minimum atomic E-state index is -0.534. The largest absolute Gasteiger partial charge is 0.496 e. The maximum atomic E-state index is 13.9. The summed E-state index contributed by atoms with van der Waals surface area (Å²) in [6, 6.07) is 17.1. The van der Waals surface area contributed by atoms with Gasteiger partial charge in [0.2, 0.25) is 0 Å². The number of fused-ring (bicyclic) bond motifs is 3. The summed E-state index contributed by atoms with van der Waals surface area (Å²) in [5.41, 5.74) is 9.54. The highest BCUT2D eigenvalue weighted by atomic mass is 19.1. The van der Waals surface area contributed by atoms with Gasteiger partial charge in [0.25, 0.3) is 0 Å². The number of primary amides is 1. The SMILES string of the molecule is COc1cccc2c1-c1ccc([N+](C)(C)C(N)=O)cc1C(c1cccc(F)c1)O2. The van der Waals surface area contributed by atoms with E-state index in [1.54, 1.807) is 27.3 Å². The number of carbonyl (C=O) groups is 1. The van der Waals surface area contributed by atoms with Gasteiger partial charge in [-0.15, -0.1) is 0 Å². The van der Waals surface area contributed by atoms with Crippen molar-refractivity contribution in [3.05, 3.63) is 77.6 Å². The van der Waals surface area contributed by atoms with Gasteiger partial charge in [-0.3, -0.25) is 0 Å². The number of urea groups is 1. The lowest BCUT2D eigenvalue weighted by atomic mass is 9.88. The standard InChI is InChI=1S/C23H21FN2O3/c1-26(2,23(25)27)16-10-11-17-18(13-16)22(14-6-4-7-15(24)12-14)29-20-9-5-8-19(28-3)21(17)20/h4-13,22H,1-3H3,(H-,25,27)/p+1. The van der Waals surface area contributed by atoms with E-state index >= 15 is 0 Å². The van der Waals surface area contributed by atoms with Crippen molar-refractivity contribution < 1.29 is 18.7 Å². The zero-order valence-electron chi connectivity index (χ0n) is 16.5. The van der Waals surface area contributed by atoms with Gasteiger partial charge >= 0.3 is 6.03 Å². The summed E-state index contributed by atoms with van der Waals surface area (Å²) in [5, 5.41) is 0. The molecule has 0 saturated heterocycles. The second kappa shape index (κ2) is 6.90. The fourth-order valence-corrected chi connectivity index (χ4v) is 3.62. The third-order valence-electron chi connectivity index (χ3n) is 5.39. The number of nitrogens with two attached hydrogens (primary N) is 1. The Morgan fingerprint density at radius 2 is 1.86 bits per heavy atom. The predicted octanol–water partition coefficient (Wildman–Crippen LogP) is 4.63. The number of nitrogens with zero attached hydrogens (tertiary/aromatic N) is 1. The number of methoxy groups -OCH3 is 1. The molecule has 0 fully saturated rings. The van der Waals surface area contributed by atoms with Crippen molar-refractivity contribution >= 4 is 11.7 Å². The Morgan fingerprint density at radius 1 is 1.10 bits per heavy atom. The highest BCUT2D eigenvalue weighted by Crippen LogP contribution is 2.49. The number of benzene rings is 3. The van der Waals surface area contributed by atoms with Crippen LogP contribution >= 0.6 is 0 Å². The van der Waals surface area contributed by atoms with Crippen LogP contribution in [0.2, 0.25) is 0 Å². The number of amides is 2. The number of hydrogen-bond acceptors (Lipinski definition) is 3. The summed E-state index contributed by atoms with van der Waals surface area (Å²) in [4.78, 5) is 12.0. The molecule has 148 valence electrons. The van der Waals surface area contributed by atoms with Crippen LogP contribution < -0.4 is 19.7 Å². The van der Waals surface area contributed by atoms with E-state index in [-0.39, 0.29) is 10.3 Å². The molecule has 2 N–H and O–H groups in total. The minimum absolute atomic E-state index is 0.123. The third-order valence-corrected chi connectivity index (χ3v) is 5.39. The van der Waals surface area contributed by atoms with Gasteiger partial charge in [-0.1, -0.05) is 18.2 Å². The number of carbonyl (C=O) groups excluding carboxylic acids is 1. The molecule has 1 aliphatic rings. The van der Waals surface area contributed by atoms with Gasteiger partial charge in [-0.05, 0) is 41.5 Å². The van der Waals surface area contributed by atoms with Crippen LogP contribution in [-0.4, -0.2) is 27.2 Å². The number of quaternary nitrogens is 1. The van der Waals surface area contributed by atoms with E-state index in [1.165, 1.54) is 12.1 Å². The summed E-state index contributed by atoms with van der Waals surface area (Å²) in [7, 11) is 5.05. The molecule has 0 radical (unpaired) electrons. The third kappa shape index (κ3) is 3.11. The Bertz CT molecular complexity index is 1110. The zero-order chi connectivity index (χ0) is 20.8. The zero-order valence-corrected chi connectivity index (χ0v) is 16.5. The molecule has 5 nitrogen and oxygen atoms in total. The van der Waals surface area contributed by atoms with E-state index < -0.39 is 12.1 Å². The Balaban J connectivity index is 1.98. The maximum Gasteiger partial charge on any atom is 0.418 e. The predicted molar refractivity (Wildman–Crippen MR) is 111 cm³/mol. The Kier molecular flexibility index (Phi) is 4.51. The molecule has 6 heteroatoms. The summed E-state index contributed by atoms with van der Waals surface area (Å²) < 4.78 is 25.7. The molecule has 4 rings (SSSR count). The molecular formula is C23H22FN2O3+. The van der Waals surface area contributed by atoms with Gasteiger partial charge < -0.3 is 15.2 Å². The van der Waals surface area contributed by atoms with Crippen molar-refractivity contribution in [3.63, 3.8) is 0 Å². The van der Waals surface area contributed by atoms with Crippen molar-refractivity contribution in [2.75, 3.05) is 21.2 Å². The van der Waals surface area contributed by atoms with Gasteiger partial charge in [0, 0.05) is 17.7 Å². The lowest BCUT2D eigenvalue weighted by molar-refractivity contribution is 0.226. The average molecular weight is 393 g/mol. The number of hydrogen-bond donors (Lipinski definition) is 1. The fraction of sp³-hybridized carbons (Fsp3) is 0.174. The summed E-state index contributed by atoms with van der Waals surface area (Å²) in [6.07, 6.45) is -0.534. The van der Waals surface area contributed by atoms with E-state index in [9.17, 15) is 9.18 Å².